The van der Waals surface area contributed by atoms with Gasteiger partial charge in [-0.15, -0.1) is 0 Å². The summed E-state index contributed by atoms with van der Waals surface area (Å²) in [6.07, 6.45) is 1.85. The van der Waals surface area contributed by atoms with Crippen LogP contribution in [0.4, 0.5) is 0 Å². The van der Waals surface area contributed by atoms with Crippen molar-refractivity contribution < 1.29 is 4.79 Å². The van der Waals surface area contributed by atoms with Gasteiger partial charge < -0.3 is 10.1 Å². The molecular formula is C6H13NOS. The molecular weight excluding hydrogens is 134 g/mol. The van der Waals surface area contributed by atoms with E-state index in [2.05, 4.69) is 17.9 Å². The van der Waals surface area contributed by atoms with Crippen LogP contribution in [0.1, 0.15) is 6.42 Å². The van der Waals surface area contributed by atoms with E-state index < -0.39 is 0 Å². The van der Waals surface area contributed by atoms with Crippen molar-refractivity contribution in [3.05, 3.63) is 0 Å². The van der Waals surface area contributed by atoms with Gasteiger partial charge in [-0.3, -0.25) is 0 Å². The highest BCUT2D eigenvalue weighted by molar-refractivity contribution is 7.80. The third kappa shape index (κ3) is 4.48. The summed E-state index contributed by atoms with van der Waals surface area (Å²) in [5, 5.41) is 2.94. The lowest BCUT2D eigenvalue weighted by Gasteiger charge is -2.05. The van der Waals surface area contributed by atoms with Crippen LogP contribution in [0.5, 0.6) is 0 Å². The second-order valence-electron chi connectivity index (χ2n) is 1.97. The van der Waals surface area contributed by atoms with Gasteiger partial charge in [0.1, 0.15) is 6.29 Å². The molecule has 0 amide bonds. The molecule has 1 unspecified atom stereocenters. The molecule has 54 valence electrons. The normalized spacial score (nSPS) is 13.1. The zero-order valence-electron chi connectivity index (χ0n) is 5.63. The van der Waals surface area contributed by atoms with Crippen molar-refractivity contribution in [1.29, 1.82) is 0 Å². The summed E-state index contributed by atoms with van der Waals surface area (Å²) in [4.78, 5) is 10.2. The van der Waals surface area contributed by atoms with Crippen molar-refractivity contribution in [2.45, 2.75) is 6.42 Å². The maximum Gasteiger partial charge on any atom is 0.124 e. The Kier molecular flexibility index (Phi) is 6.09. The first-order valence-corrected chi connectivity index (χ1v) is 3.69. The first kappa shape index (κ1) is 8.98. The zero-order valence-corrected chi connectivity index (χ0v) is 6.53. The number of rotatable bonds is 5. The molecule has 3 heteroatoms. The molecule has 2 nitrogen and oxygen atoms in total. The summed E-state index contributed by atoms with van der Waals surface area (Å²) in [7, 11) is 1.84. The minimum Gasteiger partial charge on any atom is -0.319 e. The standard InChI is InChI=1S/C6H13NOS/c1-7-4-6(5-8)2-3-9/h5-7,9H,2-4H2,1H3. The van der Waals surface area contributed by atoms with Crippen molar-refractivity contribution in [3.8, 4) is 0 Å². The highest BCUT2D eigenvalue weighted by atomic mass is 32.1. The number of hydrogen-bond donors (Lipinski definition) is 2. The van der Waals surface area contributed by atoms with E-state index in [1.54, 1.807) is 0 Å². The van der Waals surface area contributed by atoms with Crippen LogP contribution in [-0.4, -0.2) is 25.6 Å². The molecule has 0 saturated carbocycles. The second kappa shape index (κ2) is 6.11. The highest BCUT2D eigenvalue weighted by Gasteiger charge is 2.02. The average Bonchev–Trinajstić information content (AvgIpc) is 1.88. The predicted octanol–water partition coefficient (Wildman–Crippen LogP) is 0.341. The topological polar surface area (TPSA) is 29.1 Å². The van der Waals surface area contributed by atoms with Gasteiger partial charge in [-0.2, -0.15) is 12.6 Å². The maximum absolute atomic E-state index is 10.2. The van der Waals surface area contributed by atoms with Crippen LogP contribution < -0.4 is 5.32 Å². The summed E-state index contributed by atoms with van der Waals surface area (Å²) >= 11 is 4.02. The summed E-state index contributed by atoms with van der Waals surface area (Å²) < 4.78 is 0. The van der Waals surface area contributed by atoms with Crippen molar-refractivity contribution >= 4 is 18.9 Å². The lowest BCUT2D eigenvalue weighted by molar-refractivity contribution is -0.111. The Morgan fingerprint density at radius 2 is 2.44 bits per heavy atom. The van der Waals surface area contributed by atoms with Crippen LogP contribution in [0, 0.1) is 5.92 Å². The van der Waals surface area contributed by atoms with Gasteiger partial charge in [0.15, 0.2) is 0 Å². The van der Waals surface area contributed by atoms with E-state index in [-0.39, 0.29) is 5.92 Å². The first-order valence-electron chi connectivity index (χ1n) is 3.06. The third-order valence-corrected chi connectivity index (χ3v) is 1.42. The Hall–Kier alpha value is -0.0200. The summed E-state index contributed by atoms with van der Waals surface area (Å²) in [6, 6.07) is 0. The van der Waals surface area contributed by atoms with Gasteiger partial charge in [0.2, 0.25) is 0 Å². The van der Waals surface area contributed by atoms with Crippen LogP contribution in [0.3, 0.4) is 0 Å². The van der Waals surface area contributed by atoms with Gasteiger partial charge in [0.25, 0.3) is 0 Å². The van der Waals surface area contributed by atoms with Crippen molar-refractivity contribution in [3.63, 3.8) is 0 Å². The van der Waals surface area contributed by atoms with Gasteiger partial charge in [-0.1, -0.05) is 0 Å². The molecule has 0 aromatic carbocycles. The second-order valence-corrected chi connectivity index (χ2v) is 2.41. The van der Waals surface area contributed by atoms with E-state index in [0.717, 1.165) is 25.0 Å². The van der Waals surface area contributed by atoms with Gasteiger partial charge in [0.05, 0.1) is 0 Å². The highest BCUT2D eigenvalue weighted by Crippen LogP contribution is 1.97. The number of carbonyl (C=O) groups excluding carboxylic acids is 1. The van der Waals surface area contributed by atoms with E-state index >= 15 is 0 Å². The molecule has 0 rings (SSSR count). The number of hydrogen-bond acceptors (Lipinski definition) is 3. The monoisotopic (exact) mass is 147 g/mol. The average molecular weight is 147 g/mol. The quantitative estimate of drug-likeness (QED) is 0.434. The maximum atomic E-state index is 10.2. The van der Waals surface area contributed by atoms with Crippen LogP contribution in [0.15, 0.2) is 0 Å². The van der Waals surface area contributed by atoms with Crippen molar-refractivity contribution in [2.75, 3.05) is 19.3 Å². The Labute approximate surface area is 61.4 Å². The molecule has 0 aliphatic heterocycles. The predicted molar refractivity (Wildman–Crippen MR) is 42.0 cm³/mol. The summed E-state index contributed by atoms with van der Waals surface area (Å²) in [5.41, 5.74) is 0. The molecule has 0 aliphatic rings. The molecule has 0 spiro atoms. The van der Waals surface area contributed by atoms with E-state index in [9.17, 15) is 4.79 Å². The van der Waals surface area contributed by atoms with Crippen LogP contribution in [0.2, 0.25) is 0 Å². The molecule has 0 saturated heterocycles. The van der Waals surface area contributed by atoms with Gasteiger partial charge in [0, 0.05) is 12.5 Å². The van der Waals surface area contributed by atoms with E-state index in [1.807, 2.05) is 7.05 Å². The number of nitrogens with one attached hydrogen (secondary N) is 1. The molecule has 0 aromatic heterocycles. The SMILES string of the molecule is CNCC(C=O)CCS. The molecule has 0 aliphatic carbocycles. The zero-order chi connectivity index (χ0) is 7.11. The van der Waals surface area contributed by atoms with Gasteiger partial charge in [-0.25, -0.2) is 0 Å². The Morgan fingerprint density at radius 3 is 2.78 bits per heavy atom. The number of thiol groups is 1. The fourth-order valence-corrected chi connectivity index (χ4v) is 0.978. The minimum atomic E-state index is 0.146. The number of carbonyl (C=O) groups is 1. The first-order chi connectivity index (χ1) is 4.35. The van der Waals surface area contributed by atoms with Crippen molar-refractivity contribution in [1.82, 2.24) is 5.32 Å². The molecule has 0 radical (unpaired) electrons. The third-order valence-electron chi connectivity index (χ3n) is 1.16. The fourth-order valence-electron chi connectivity index (χ4n) is 0.646. The van der Waals surface area contributed by atoms with E-state index in [1.165, 1.54) is 0 Å². The summed E-state index contributed by atoms with van der Waals surface area (Å²) in [6.45, 7) is 0.768. The Bertz CT molecular complexity index is 71.5. The van der Waals surface area contributed by atoms with Gasteiger partial charge >= 0.3 is 0 Å². The van der Waals surface area contributed by atoms with E-state index in [0.29, 0.717) is 0 Å². The largest absolute Gasteiger partial charge is 0.319 e. The van der Waals surface area contributed by atoms with Gasteiger partial charge in [-0.05, 0) is 19.2 Å². The minimum absolute atomic E-state index is 0.146. The summed E-state index contributed by atoms with van der Waals surface area (Å²) in [5.74, 6) is 0.929. The Balaban J connectivity index is 3.29. The van der Waals surface area contributed by atoms with Crippen LogP contribution in [-0.2, 0) is 4.79 Å². The van der Waals surface area contributed by atoms with Crippen LogP contribution in [0.25, 0.3) is 0 Å². The Morgan fingerprint density at radius 1 is 1.78 bits per heavy atom. The number of aldehydes is 1. The molecule has 1 atom stereocenters. The molecule has 1 N–H and O–H groups in total. The lowest BCUT2D eigenvalue weighted by atomic mass is 10.1. The fraction of sp³-hybridized carbons (Fsp3) is 0.833. The van der Waals surface area contributed by atoms with Crippen LogP contribution >= 0.6 is 12.6 Å². The molecule has 9 heavy (non-hydrogen) atoms. The molecule has 0 fully saturated rings. The smallest absolute Gasteiger partial charge is 0.124 e. The van der Waals surface area contributed by atoms with Crippen molar-refractivity contribution in [2.24, 2.45) is 5.92 Å². The molecule has 0 bridgehead atoms. The van der Waals surface area contributed by atoms with E-state index in [4.69, 9.17) is 0 Å². The molecule has 0 aromatic rings. The molecule has 0 heterocycles. The lowest BCUT2D eigenvalue weighted by Crippen LogP contribution is -2.20.